The van der Waals surface area contributed by atoms with Crippen LogP contribution in [-0.4, -0.2) is 9.49 Å². The normalized spacial score (nSPS) is 23.2. The Bertz CT molecular complexity index is 510. The molecule has 0 N–H and O–H groups in total. The summed E-state index contributed by atoms with van der Waals surface area (Å²) in [5, 5.41) is 10.7. The largest absolute Gasteiger partial charge is 0.348 e. The second kappa shape index (κ2) is 5.99. The molecule has 0 aliphatic heterocycles. The van der Waals surface area contributed by atoms with Gasteiger partial charge in [-0.15, -0.1) is 0 Å². The number of pyridine rings is 1. The van der Waals surface area contributed by atoms with E-state index in [0.29, 0.717) is 5.92 Å². The van der Waals surface area contributed by atoms with Crippen LogP contribution in [0.4, 0.5) is 5.69 Å². The zero-order chi connectivity index (χ0) is 13.8. The molecule has 0 radical (unpaired) electrons. The number of hydrogen-bond donors (Lipinski definition) is 0. The molecule has 104 valence electrons. The lowest BCUT2D eigenvalue weighted by molar-refractivity contribution is -0.386. The molecule has 19 heavy (non-hydrogen) atoms. The summed E-state index contributed by atoms with van der Waals surface area (Å²) in [6.07, 6.45) is 9.14. The van der Waals surface area contributed by atoms with Crippen molar-refractivity contribution in [2.45, 2.75) is 45.6 Å². The van der Waals surface area contributed by atoms with Gasteiger partial charge in [0.25, 0.3) is 5.43 Å². The summed E-state index contributed by atoms with van der Waals surface area (Å²) in [7, 11) is 0. The van der Waals surface area contributed by atoms with E-state index in [-0.39, 0.29) is 5.69 Å². The maximum absolute atomic E-state index is 11.3. The van der Waals surface area contributed by atoms with Crippen molar-refractivity contribution in [1.82, 2.24) is 4.57 Å². The van der Waals surface area contributed by atoms with E-state index in [0.717, 1.165) is 18.9 Å². The van der Waals surface area contributed by atoms with Gasteiger partial charge in [-0.05, 0) is 24.7 Å². The lowest BCUT2D eigenvalue weighted by atomic mass is 9.81. The zero-order valence-corrected chi connectivity index (χ0v) is 11.2. The molecule has 2 atom stereocenters. The molecular formula is C14H20N2O3. The topological polar surface area (TPSA) is 65.1 Å². The van der Waals surface area contributed by atoms with Gasteiger partial charge < -0.3 is 4.57 Å². The fourth-order valence-corrected chi connectivity index (χ4v) is 2.94. The van der Waals surface area contributed by atoms with Crippen molar-refractivity contribution in [2.75, 3.05) is 0 Å². The van der Waals surface area contributed by atoms with Crippen molar-refractivity contribution in [1.29, 1.82) is 0 Å². The number of rotatable bonds is 4. The molecule has 0 unspecified atom stereocenters. The first-order valence-electron chi connectivity index (χ1n) is 6.90. The number of aryl methyl sites for hydroxylation is 1. The monoisotopic (exact) mass is 264 g/mol. The van der Waals surface area contributed by atoms with Crippen LogP contribution in [0.1, 0.15) is 39.0 Å². The minimum absolute atomic E-state index is 0.334. The van der Waals surface area contributed by atoms with Crippen molar-refractivity contribution >= 4 is 5.69 Å². The quantitative estimate of drug-likeness (QED) is 0.620. The Morgan fingerprint density at radius 2 is 2.26 bits per heavy atom. The highest BCUT2D eigenvalue weighted by molar-refractivity contribution is 5.25. The van der Waals surface area contributed by atoms with Crippen LogP contribution in [0.3, 0.4) is 0 Å². The van der Waals surface area contributed by atoms with E-state index >= 15 is 0 Å². The van der Waals surface area contributed by atoms with Crippen LogP contribution in [0.25, 0.3) is 0 Å². The lowest BCUT2D eigenvalue weighted by Crippen LogP contribution is -2.16. The first kappa shape index (κ1) is 13.8. The van der Waals surface area contributed by atoms with Crippen LogP contribution < -0.4 is 5.43 Å². The van der Waals surface area contributed by atoms with Crippen molar-refractivity contribution in [3.8, 4) is 0 Å². The molecule has 0 bridgehead atoms. The Labute approximate surface area is 112 Å². The van der Waals surface area contributed by atoms with E-state index in [1.165, 1.54) is 37.9 Å². The van der Waals surface area contributed by atoms with Crippen molar-refractivity contribution in [3.63, 3.8) is 0 Å². The first-order chi connectivity index (χ1) is 9.06. The van der Waals surface area contributed by atoms with Gasteiger partial charge in [0.1, 0.15) is 0 Å². The van der Waals surface area contributed by atoms with Crippen LogP contribution in [0, 0.1) is 22.0 Å². The molecular weight excluding hydrogens is 244 g/mol. The fraction of sp³-hybridized carbons (Fsp3) is 0.643. The predicted molar refractivity (Wildman–Crippen MR) is 73.1 cm³/mol. The van der Waals surface area contributed by atoms with Gasteiger partial charge in [-0.2, -0.15) is 0 Å². The Kier molecular flexibility index (Phi) is 4.35. The summed E-state index contributed by atoms with van der Waals surface area (Å²) >= 11 is 0. The lowest BCUT2D eigenvalue weighted by Gasteiger charge is -2.26. The summed E-state index contributed by atoms with van der Waals surface area (Å²) in [6.45, 7) is 3.04. The molecule has 2 rings (SSSR count). The molecule has 5 nitrogen and oxygen atoms in total. The molecule has 1 aliphatic carbocycles. The smallest absolute Gasteiger partial charge is 0.332 e. The third-order valence-electron chi connectivity index (χ3n) is 4.00. The van der Waals surface area contributed by atoms with Crippen LogP contribution in [0.5, 0.6) is 0 Å². The molecule has 0 spiro atoms. The average Bonchev–Trinajstić information content (AvgIpc) is 2.37. The number of hydrogen-bond acceptors (Lipinski definition) is 3. The molecule has 5 heteroatoms. The molecule has 1 aliphatic rings. The predicted octanol–water partition coefficient (Wildman–Crippen LogP) is 2.97. The number of nitrogens with zero attached hydrogens (tertiary/aromatic N) is 2. The Hall–Kier alpha value is -1.65. The van der Waals surface area contributed by atoms with Gasteiger partial charge in [-0.25, -0.2) is 0 Å². The molecule has 1 heterocycles. The van der Waals surface area contributed by atoms with Crippen LogP contribution in [-0.2, 0) is 6.54 Å². The molecule has 1 fully saturated rings. The summed E-state index contributed by atoms with van der Waals surface area (Å²) < 4.78 is 1.76. The third kappa shape index (κ3) is 3.66. The van der Waals surface area contributed by atoms with Crippen LogP contribution in [0.15, 0.2) is 23.3 Å². The van der Waals surface area contributed by atoms with E-state index in [9.17, 15) is 14.9 Å². The Balaban J connectivity index is 1.98. The van der Waals surface area contributed by atoms with E-state index in [4.69, 9.17) is 0 Å². The van der Waals surface area contributed by atoms with Crippen molar-refractivity contribution in [2.24, 2.45) is 11.8 Å². The van der Waals surface area contributed by atoms with E-state index < -0.39 is 10.4 Å². The van der Waals surface area contributed by atoms with Gasteiger partial charge in [0.15, 0.2) is 0 Å². The average molecular weight is 264 g/mol. The second-order valence-corrected chi connectivity index (χ2v) is 5.62. The van der Waals surface area contributed by atoms with Crippen LogP contribution >= 0.6 is 0 Å². The third-order valence-corrected chi connectivity index (χ3v) is 4.00. The van der Waals surface area contributed by atoms with Gasteiger partial charge in [-0.1, -0.05) is 26.2 Å². The second-order valence-electron chi connectivity index (χ2n) is 5.62. The van der Waals surface area contributed by atoms with Gasteiger partial charge in [0.2, 0.25) is 0 Å². The molecule has 1 aromatic rings. The Morgan fingerprint density at radius 1 is 1.47 bits per heavy atom. The highest BCUT2D eigenvalue weighted by Crippen LogP contribution is 2.30. The van der Waals surface area contributed by atoms with E-state index in [1.54, 1.807) is 10.8 Å². The highest BCUT2D eigenvalue weighted by atomic mass is 16.6. The number of nitro groups is 1. The minimum Gasteiger partial charge on any atom is -0.348 e. The highest BCUT2D eigenvalue weighted by Gasteiger charge is 2.19. The van der Waals surface area contributed by atoms with E-state index in [1.807, 2.05) is 0 Å². The van der Waals surface area contributed by atoms with Crippen LogP contribution in [0.2, 0.25) is 0 Å². The SMILES string of the molecule is C[C@@H]1CCC[C@H](CCn2ccc(=O)c([N+](=O)[O-])c2)C1. The summed E-state index contributed by atoms with van der Waals surface area (Å²) in [4.78, 5) is 21.4. The maximum atomic E-state index is 11.3. The molecule has 1 aromatic heterocycles. The molecule has 1 saturated carbocycles. The Morgan fingerprint density at radius 3 is 2.95 bits per heavy atom. The number of aromatic nitrogens is 1. The van der Waals surface area contributed by atoms with Gasteiger partial charge in [0, 0.05) is 18.8 Å². The van der Waals surface area contributed by atoms with Gasteiger partial charge >= 0.3 is 5.69 Å². The maximum Gasteiger partial charge on any atom is 0.332 e. The van der Waals surface area contributed by atoms with Gasteiger partial charge in [0.05, 0.1) is 11.1 Å². The fourth-order valence-electron chi connectivity index (χ4n) is 2.94. The molecule has 0 amide bonds. The standard InChI is InChI=1S/C14H20N2O3/c1-11-3-2-4-12(9-11)5-7-15-8-6-14(17)13(10-15)16(18)19/h6,8,10-12H,2-5,7,9H2,1H3/t11-,12-/m1/s1. The first-order valence-corrected chi connectivity index (χ1v) is 6.90. The van der Waals surface area contributed by atoms with Crippen molar-refractivity contribution < 1.29 is 4.92 Å². The zero-order valence-electron chi connectivity index (χ0n) is 11.2. The minimum atomic E-state index is -0.610. The summed E-state index contributed by atoms with van der Waals surface area (Å²) in [5.74, 6) is 1.50. The van der Waals surface area contributed by atoms with Gasteiger partial charge in [-0.3, -0.25) is 14.9 Å². The van der Waals surface area contributed by atoms with E-state index in [2.05, 4.69) is 6.92 Å². The summed E-state index contributed by atoms with van der Waals surface area (Å²) in [6, 6.07) is 1.28. The van der Waals surface area contributed by atoms with Crippen molar-refractivity contribution in [3.05, 3.63) is 38.8 Å². The molecule has 0 aromatic carbocycles. The summed E-state index contributed by atoms with van der Waals surface area (Å²) in [5.41, 5.74) is -0.855. The molecule has 0 saturated heterocycles.